The summed E-state index contributed by atoms with van der Waals surface area (Å²) in [4.78, 5) is 17.7. The molecule has 0 bridgehead atoms. The number of rotatable bonds is 3. The van der Waals surface area contributed by atoms with Gasteiger partial charge in [-0.05, 0) is 40.6 Å². The molecule has 0 amide bonds. The van der Waals surface area contributed by atoms with Crippen LogP contribution in [-0.4, -0.2) is 20.9 Å². The summed E-state index contributed by atoms with van der Waals surface area (Å²) in [5.41, 5.74) is 4.31. The molecule has 0 atom stereocenters. The van der Waals surface area contributed by atoms with Crippen LogP contribution in [0.3, 0.4) is 0 Å². The number of benzene rings is 4. The van der Waals surface area contributed by atoms with Gasteiger partial charge in [0, 0.05) is 18.8 Å². The number of aliphatic imine (C=N–C) groups is 1. The molecular formula is C25H18CuN4O4. The predicted octanol–water partition coefficient (Wildman–Crippen LogP) is 4.98. The molecule has 5 rings (SSSR count). The molecule has 173 valence electrons. The predicted molar refractivity (Wildman–Crippen MR) is 127 cm³/mol. The third-order valence-electron chi connectivity index (χ3n) is 5.20. The molecule has 0 spiro atoms. The molecule has 0 saturated heterocycles. The quantitative estimate of drug-likeness (QED) is 0.149. The number of aryl methyl sites for hydroxylation is 1. The standard InChI is InChI=1S/C25H19N3O.Cu.NO3/c1-28-23-13-7-6-12-22(23)27-25(28)19-10-4-5-11-21(19)26-16-20-18-9-3-2-8-17(18)14-15-24(20)29;;2-1(3)4/h2-16,29H,1H3;;/q;+2;-1/p-1. The summed E-state index contributed by atoms with van der Waals surface area (Å²) in [5, 5.41) is 29.2. The Bertz CT molecular complexity index is 1490. The van der Waals surface area contributed by atoms with E-state index in [0.29, 0.717) is 5.56 Å². The number of hydrogen-bond donors (Lipinski definition) is 0. The molecule has 1 aromatic heterocycles. The summed E-state index contributed by atoms with van der Waals surface area (Å²) in [6, 6.07) is 27.2. The average molecular weight is 502 g/mol. The van der Waals surface area contributed by atoms with Crippen molar-refractivity contribution in [1.82, 2.24) is 9.55 Å². The van der Waals surface area contributed by atoms with E-state index in [4.69, 9.17) is 25.3 Å². The van der Waals surface area contributed by atoms with Gasteiger partial charge in [0.1, 0.15) is 5.82 Å². The van der Waals surface area contributed by atoms with Crippen LogP contribution in [0.2, 0.25) is 0 Å². The van der Waals surface area contributed by atoms with Gasteiger partial charge in [0.05, 0.1) is 21.8 Å². The fourth-order valence-corrected chi connectivity index (χ4v) is 3.70. The number of hydrogen-bond acceptors (Lipinski definition) is 6. The van der Waals surface area contributed by atoms with Crippen LogP contribution in [0.25, 0.3) is 33.2 Å². The molecule has 0 aliphatic rings. The minimum absolute atomic E-state index is 0. The third kappa shape index (κ3) is 5.06. The van der Waals surface area contributed by atoms with Gasteiger partial charge in [0.25, 0.3) is 0 Å². The van der Waals surface area contributed by atoms with Gasteiger partial charge in [-0.25, -0.2) is 4.98 Å². The maximum Gasteiger partial charge on any atom is 2.00 e. The van der Waals surface area contributed by atoms with Crippen LogP contribution < -0.4 is 5.11 Å². The fraction of sp³-hybridized carbons (Fsp3) is 0.0400. The third-order valence-corrected chi connectivity index (χ3v) is 5.20. The van der Waals surface area contributed by atoms with Crippen molar-refractivity contribution in [3.05, 3.63) is 106 Å². The van der Waals surface area contributed by atoms with Gasteiger partial charge in [-0.15, -0.1) is 0 Å². The van der Waals surface area contributed by atoms with Gasteiger partial charge < -0.3 is 25.0 Å². The Morgan fingerprint density at radius 3 is 2.32 bits per heavy atom. The first kappa shape index (κ1) is 24.4. The maximum atomic E-state index is 12.5. The van der Waals surface area contributed by atoms with Crippen LogP contribution in [0, 0.1) is 15.3 Å². The minimum Gasteiger partial charge on any atom is -0.872 e. The van der Waals surface area contributed by atoms with Gasteiger partial charge in [0.15, 0.2) is 0 Å². The molecule has 34 heavy (non-hydrogen) atoms. The van der Waals surface area contributed by atoms with E-state index in [0.717, 1.165) is 38.9 Å². The van der Waals surface area contributed by atoms with Crippen LogP contribution in [0.15, 0.2) is 89.9 Å². The second-order valence-corrected chi connectivity index (χ2v) is 7.18. The van der Waals surface area contributed by atoms with E-state index < -0.39 is 5.09 Å². The largest absolute Gasteiger partial charge is 2.00 e. The molecule has 0 saturated carbocycles. The Morgan fingerprint density at radius 2 is 1.56 bits per heavy atom. The molecule has 0 aliphatic heterocycles. The average Bonchev–Trinajstić information content (AvgIpc) is 3.15. The Balaban J connectivity index is 0.000000603. The summed E-state index contributed by atoms with van der Waals surface area (Å²) >= 11 is 0. The van der Waals surface area contributed by atoms with E-state index in [-0.39, 0.29) is 22.8 Å². The monoisotopic (exact) mass is 501 g/mol. The van der Waals surface area contributed by atoms with Crippen molar-refractivity contribution >= 4 is 33.7 Å². The number of fused-ring (bicyclic) bond motifs is 2. The van der Waals surface area contributed by atoms with Gasteiger partial charge in [-0.3, -0.25) is 4.99 Å². The van der Waals surface area contributed by atoms with Crippen LogP contribution >= 0.6 is 0 Å². The maximum absolute atomic E-state index is 12.5. The number of aromatic nitrogens is 2. The first-order valence-electron chi connectivity index (χ1n) is 10.0. The molecule has 1 heterocycles. The zero-order valence-electron chi connectivity index (χ0n) is 17.9. The van der Waals surface area contributed by atoms with Crippen molar-refractivity contribution in [2.75, 3.05) is 0 Å². The summed E-state index contributed by atoms with van der Waals surface area (Å²) in [6.07, 6.45) is 1.67. The Morgan fingerprint density at radius 1 is 0.912 bits per heavy atom. The first-order chi connectivity index (χ1) is 16.0. The van der Waals surface area contributed by atoms with E-state index in [9.17, 15) is 5.11 Å². The Kier molecular flexibility index (Phi) is 7.63. The summed E-state index contributed by atoms with van der Waals surface area (Å²) < 4.78 is 2.07. The van der Waals surface area contributed by atoms with E-state index in [2.05, 4.69) is 10.6 Å². The van der Waals surface area contributed by atoms with Gasteiger partial charge in [0.2, 0.25) is 0 Å². The van der Waals surface area contributed by atoms with Gasteiger partial charge in [-0.2, -0.15) is 0 Å². The molecule has 0 aliphatic carbocycles. The van der Waals surface area contributed by atoms with E-state index >= 15 is 0 Å². The Hall–Kier alpha value is -4.20. The number of nitrogens with zero attached hydrogens (tertiary/aromatic N) is 4. The molecular weight excluding hydrogens is 484 g/mol. The van der Waals surface area contributed by atoms with Crippen LogP contribution in [0.4, 0.5) is 5.69 Å². The molecule has 4 aromatic carbocycles. The number of imidazole rings is 1. The van der Waals surface area contributed by atoms with Crippen LogP contribution in [-0.2, 0) is 24.1 Å². The zero-order chi connectivity index (χ0) is 23.4. The molecule has 0 unspecified atom stereocenters. The molecule has 1 radical (unpaired) electrons. The second kappa shape index (κ2) is 10.6. The van der Waals surface area contributed by atoms with E-state index in [1.54, 1.807) is 12.3 Å². The summed E-state index contributed by atoms with van der Waals surface area (Å²) in [7, 11) is 2.01. The van der Waals surface area contributed by atoms with Crippen LogP contribution in [0.1, 0.15) is 5.56 Å². The summed E-state index contributed by atoms with van der Waals surface area (Å²) in [6.45, 7) is 0. The van der Waals surface area contributed by atoms with Crippen molar-refractivity contribution < 1.29 is 27.3 Å². The van der Waals surface area contributed by atoms with Crippen molar-refractivity contribution in [3.63, 3.8) is 0 Å². The zero-order valence-corrected chi connectivity index (χ0v) is 18.8. The SMILES string of the molecule is Cn1c(-c2ccccc2N=Cc2c([O-])ccc3ccccc23)nc2ccccc21.O=[N+]([O-])[O-].[Cu+2]. The second-order valence-electron chi connectivity index (χ2n) is 7.18. The molecule has 0 fully saturated rings. The topological polar surface area (TPSA) is 119 Å². The normalized spacial score (nSPS) is 10.6. The van der Waals surface area contributed by atoms with Gasteiger partial charge >= 0.3 is 17.1 Å². The van der Waals surface area contributed by atoms with E-state index in [1.165, 1.54) is 0 Å². The Labute approximate surface area is 205 Å². The minimum atomic E-state index is -1.75. The summed E-state index contributed by atoms with van der Waals surface area (Å²) in [5.74, 6) is 0.812. The van der Waals surface area contributed by atoms with Crippen LogP contribution in [0.5, 0.6) is 5.75 Å². The molecule has 8 nitrogen and oxygen atoms in total. The molecule has 5 aromatic rings. The fourth-order valence-electron chi connectivity index (χ4n) is 3.70. The van der Waals surface area contributed by atoms with Gasteiger partial charge in [-0.1, -0.05) is 66.4 Å². The van der Waals surface area contributed by atoms with Crippen molar-refractivity contribution in [1.29, 1.82) is 0 Å². The molecule has 0 N–H and O–H groups in total. The van der Waals surface area contributed by atoms with Crippen molar-refractivity contribution in [3.8, 4) is 17.1 Å². The first-order valence-corrected chi connectivity index (χ1v) is 10.0. The smallest absolute Gasteiger partial charge is 0.872 e. The van der Waals surface area contributed by atoms with Crippen molar-refractivity contribution in [2.45, 2.75) is 0 Å². The molecule has 9 heteroatoms. The van der Waals surface area contributed by atoms with E-state index in [1.807, 2.05) is 79.8 Å². The van der Waals surface area contributed by atoms with Crippen molar-refractivity contribution in [2.24, 2.45) is 12.0 Å². The number of para-hydroxylation sites is 3.